The van der Waals surface area contributed by atoms with Gasteiger partial charge < -0.3 is 0 Å². The van der Waals surface area contributed by atoms with Gasteiger partial charge in [-0.25, -0.2) is 10.7 Å². The first kappa shape index (κ1) is 6.92. The summed E-state index contributed by atoms with van der Waals surface area (Å²) in [6.45, 7) is 2.98. The third kappa shape index (κ3) is 5.92. The highest BCUT2D eigenvalue weighted by Crippen LogP contribution is 1.90. The Bertz CT molecular complexity index is 27.3. The first-order valence-electron chi connectivity index (χ1n) is 2.78. The smallest absolute Gasteiger partial charge is 0.106 e. The van der Waals surface area contributed by atoms with Crippen LogP contribution in [-0.4, -0.2) is 6.61 Å². The maximum Gasteiger partial charge on any atom is 0.106 e. The number of hydrogen-bond acceptors (Lipinski definition) is 1. The molecule has 0 unspecified atom stereocenters. The van der Waals surface area contributed by atoms with E-state index in [0.29, 0.717) is 0 Å². The minimum absolute atomic E-state index is 0.813. The van der Waals surface area contributed by atoms with Crippen molar-refractivity contribution in [2.75, 3.05) is 6.61 Å². The maximum absolute atomic E-state index is 4.59. The zero-order valence-corrected chi connectivity index (χ0v) is 4.94. The summed E-state index contributed by atoms with van der Waals surface area (Å²) in [4.78, 5) is 4.59. The van der Waals surface area contributed by atoms with E-state index in [1.54, 1.807) is 0 Å². The van der Waals surface area contributed by atoms with Gasteiger partial charge in [0.25, 0.3) is 0 Å². The summed E-state index contributed by atoms with van der Waals surface area (Å²) in [5, 5.41) is 0. The molecule has 0 aromatic heterocycles. The van der Waals surface area contributed by atoms with E-state index < -0.39 is 0 Å². The summed E-state index contributed by atoms with van der Waals surface area (Å²) in [5.41, 5.74) is 0. The third-order valence-corrected chi connectivity index (χ3v) is 0.892. The van der Waals surface area contributed by atoms with Crippen molar-refractivity contribution in [3.05, 3.63) is 0 Å². The van der Waals surface area contributed by atoms with Crippen LogP contribution >= 0.6 is 0 Å². The van der Waals surface area contributed by atoms with Crippen molar-refractivity contribution in [3.63, 3.8) is 0 Å². The standard InChI is InChI=1S/C5H14NO/c1-2-3-4-5-7-6/h2-5H2,1,6H3/q+1. The van der Waals surface area contributed by atoms with E-state index >= 15 is 0 Å². The van der Waals surface area contributed by atoms with Crippen molar-refractivity contribution in [2.45, 2.75) is 26.2 Å². The van der Waals surface area contributed by atoms with Gasteiger partial charge in [-0.05, 0) is 6.42 Å². The van der Waals surface area contributed by atoms with Crippen LogP contribution in [0.2, 0.25) is 0 Å². The van der Waals surface area contributed by atoms with E-state index in [1.165, 1.54) is 12.8 Å². The Labute approximate surface area is 44.6 Å². The fourth-order valence-corrected chi connectivity index (χ4v) is 0.454. The Morgan fingerprint density at radius 2 is 2.14 bits per heavy atom. The van der Waals surface area contributed by atoms with Crippen molar-refractivity contribution in [1.29, 1.82) is 0 Å². The Morgan fingerprint density at radius 1 is 1.43 bits per heavy atom. The highest BCUT2D eigenvalue weighted by Gasteiger charge is 1.82. The van der Waals surface area contributed by atoms with E-state index in [1.807, 2.05) is 0 Å². The van der Waals surface area contributed by atoms with Crippen LogP contribution in [0.4, 0.5) is 0 Å². The molecule has 0 aromatic rings. The predicted octanol–water partition coefficient (Wildman–Crippen LogP) is 0.350. The van der Waals surface area contributed by atoms with Gasteiger partial charge in [0, 0.05) is 0 Å². The molecule has 2 heteroatoms. The average Bonchev–Trinajstić information content (AvgIpc) is 1.69. The van der Waals surface area contributed by atoms with Gasteiger partial charge in [-0.2, -0.15) is 0 Å². The summed E-state index contributed by atoms with van der Waals surface area (Å²) in [7, 11) is 0. The van der Waals surface area contributed by atoms with Gasteiger partial charge in [0.1, 0.15) is 6.61 Å². The van der Waals surface area contributed by atoms with E-state index in [2.05, 4.69) is 17.7 Å². The fourth-order valence-electron chi connectivity index (χ4n) is 0.454. The highest BCUT2D eigenvalue weighted by atomic mass is 16.6. The zero-order valence-electron chi connectivity index (χ0n) is 4.94. The molecule has 0 heterocycles. The number of rotatable bonds is 4. The molecule has 3 N–H and O–H groups in total. The third-order valence-electron chi connectivity index (χ3n) is 0.892. The van der Waals surface area contributed by atoms with Crippen LogP contribution in [0.15, 0.2) is 0 Å². The van der Waals surface area contributed by atoms with E-state index in [-0.39, 0.29) is 0 Å². The van der Waals surface area contributed by atoms with Crippen LogP contribution in [0.3, 0.4) is 0 Å². The van der Waals surface area contributed by atoms with Crippen LogP contribution in [0.5, 0.6) is 0 Å². The second-order valence-electron chi connectivity index (χ2n) is 1.62. The van der Waals surface area contributed by atoms with Crippen LogP contribution < -0.4 is 5.90 Å². The first-order chi connectivity index (χ1) is 3.41. The second kappa shape index (κ2) is 5.92. The molecule has 0 radical (unpaired) electrons. The monoisotopic (exact) mass is 104 g/mol. The Kier molecular flexibility index (Phi) is 5.85. The normalized spacial score (nSPS) is 9.43. The van der Waals surface area contributed by atoms with Gasteiger partial charge in [0.15, 0.2) is 0 Å². The highest BCUT2D eigenvalue weighted by molar-refractivity contribution is 4.31. The predicted molar refractivity (Wildman–Crippen MR) is 28.4 cm³/mol. The average molecular weight is 104 g/mol. The Morgan fingerprint density at radius 3 is 2.57 bits per heavy atom. The quantitative estimate of drug-likeness (QED) is 0.405. The van der Waals surface area contributed by atoms with Gasteiger partial charge in [0.05, 0.1) is 0 Å². The lowest BCUT2D eigenvalue weighted by molar-refractivity contribution is -0.689. The molecule has 2 nitrogen and oxygen atoms in total. The SMILES string of the molecule is CCCCCO[NH3+]. The molecule has 0 bridgehead atoms. The van der Waals surface area contributed by atoms with Crippen LogP contribution in [-0.2, 0) is 4.84 Å². The number of hydrogen-bond donors (Lipinski definition) is 1. The lowest BCUT2D eigenvalue weighted by atomic mass is 10.3. The van der Waals surface area contributed by atoms with Gasteiger partial charge in [0.2, 0.25) is 0 Å². The van der Waals surface area contributed by atoms with E-state index in [4.69, 9.17) is 0 Å². The van der Waals surface area contributed by atoms with Crippen LogP contribution in [0.25, 0.3) is 0 Å². The first-order valence-corrected chi connectivity index (χ1v) is 2.78. The molecular weight excluding hydrogens is 90.1 g/mol. The van der Waals surface area contributed by atoms with Crippen LogP contribution in [0, 0.1) is 0 Å². The minimum atomic E-state index is 0.813. The fraction of sp³-hybridized carbons (Fsp3) is 1.00. The molecule has 0 atom stereocenters. The van der Waals surface area contributed by atoms with Crippen molar-refractivity contribution < 1.29 is 10.7 Å². The van der Waals surface area contributed by atoms with Crippen LogP contribution in [0.1, 0.15) is 26.2 Å². The molecule has 0 rings (SSSR count). The van der Waals surface area contributed by atoms with Crippen molar-refractivity contribution in [3.8, 4) is 0 Å². The molecule has 0 aliphatic rings. The molecule has 0 aliphatic carbocycles. The van der Waals surface area contributed by atoms with Gasteiger partial charge in [-0.15, -0.1) is 0 Å². The van der Waals surface area contributed by atoms with E-state index in [0.717, 1.165) is 13.0 Å². The minimum Gasteiger partial charge on any atom is -0.213 e. The molecule has 0 amide bonds. The summed E-state index contributed by atoms with van der Waals surface area (Å²) in [6, 6.07) is 0. The van der Waals surface area contributed by atoms with Gasteiger partial charge in [-0.3, -0.25) is 0 Å². The van der Waals surface area contributed by atoms with Crippen molar-refractivity contribution in [2.24, 2.45) is 0 Å². The summed E-state index contributed by atoms with van der Waals surface area (Å²) < 4.78 is 0. The number of quaternary nitrogens is 1. The molecule has 7 heavy (non-hydrogen) atoms. The summed E-state index contributed by atoms with van der Waals surface area (Å²) >= 11 is 0. The zero-order chi connectivity index (χ0) is 5.54. The van der Waals surface area contributed by atoms with Crippen molar-refractivity contribution in [1.82, 2.24) is 0 Å². The molecule has 0 saturated carbocycles. The molecule has 0 spiro atoms. The maximum atomic E-state index is 4.59. The molecule has 0 fully saturated rings. The molecular formula is C5H14NO+. The molecule has 0 aromatic carbocycles. The van der Waals surface area contributed by atoms with Gasteiger partial charge >= 0.3 is 0 Å². The van der Waals surface area contributed by atoms with E-state index in [9.17, 15) is 0 Å². The van der Waals surface area contributed by atoms with Gasteiger partial charge in [-0.1, -0.05) is 19.8 Å². The Balaban J connectivity index is 2.45. The van der Waals surface area contributed by atoms with Crippen molar-refractivity contribution >= 4 is 0 Å². The lowest BCUT2D eigenvalue weighted by Crippen LogP contribution is -2.48. The largest absolute Gasteiger partial charge is 0.213 e. The lowest BCUT2D eigenvalue weighted by Gasteiger charge is -1.89. The summed E-state index contributed by atoms with van der Waals surface area (Å²) in [5.74, 6) is 3.26. The molecule has 0 saturated heterocycles. The number of unbranched alkanes of at least 4 members (excludes halogenated alkanes) is 2. The molecule has 44 valence electrons. The topological polar surface area (TPSA) is 36.9 Å². The second-order valence-corrected chi connectivity index (χ2v) is 1.62. The Hall–Kier alpha value is -0.0800. The summed E-state index contributed by atoms with van der Waals surface area (Å²) in [6.07, 6.45) is 3.67. The molecule has 0 aliphatic heterocycles.